The first kappa shape index (κ1) is 47.8. The maximum absolute atomic E-state index is 11.9. The first-order valence-corrected chi connectivity index (χ1v) is 17.3. The molecule has 0 aliphatic heterocycles. The summed E-state index contributed by atoms with van der Waals surface area (Å²) in [7, 11) is 0. The van der Waals surface area contributed by atoms with E-state index in [9.17, 15) is 30.6 Å². The van der Waals surface area contributed by atoms with Gasteiger partial charge in [-0.3, -0.25) is 0 Å². The summed E-state index contributed by atoms with van der Waals surface area (Å²) in [5, 5.41) is 69.8. The Morgan fingerprint density at radius 2 is 0.537 bits per heavy atom. The Morgan fingerprint density at radius 1 is 0.333 bits per heavy atom. The minimum Gasteiger partial charge on any atom is -0.872 e. The zero-order valence-electron chi connectivity index (χ0n) is 31.8. The maximum Gasteiger partial charge on any atom is 3.00 e. The Morgan fingerprint density at radius 3 is 0.704 bits per heavy atom. The SMILES string of the molecule is C[C@@H]([O-])c1ccccc1.C[C@@H]([O-])c1ccccc1.C[C@@H]([O-])c1ccccc1.C[C@@H]([O-])c1ccccc1.Cc1ccc2c(c1[O-])=c1c([O-])c(C)ccc1=2.[Al+3].[Al+3]. The second-order valence-corrected chi connectivity index (χ2v) is 12.5. The summed E-state index contributed by atoms with van der Waals surface area (Å²) in [6.07, 6.45) is -2.37. The molecule has 4 atom stereocenters. The molecule has 0 radical (unpaired) electrons. The van der Waals surface area contributed by atoms with Gasteiger partial charge >= 0.3 is 34.7 Å². The Kier molecular flexibility index (Phi) is 21.5. The summed E-state index contributed by atoms with van der Waals surface area (Å²) in [6, 6.07) is 44.9. The molecule has 8 heteroatoms. The van der Waals surface area contributed by atoms with Gasteiger partial charge in [0.05, 0.1) is 0 Å². The van der Waals surface area contributed by atoms with Crippen molar-refractivity contribution in [1.29, 1.82) is 0 Å². The van der Waals surface area contributed by atoms with Crippen LogP contribution in [0.4, 0.5) is 0 Å². The second-order valence-electron chi connectivity index (χ2n) is 12.5. The average Bonchev–Trinajstić information content (AvgIpc) is 3.15. The van der Waals surface area contributed by atoms with Crippen LogP contribution in [0.5, 0.6) is 11.5 Å². The van der Waals surface area contributed by atoms with Crippen LogP contribution in [0.2, 0.25) is 0 Å². The minimum atomic E-state index is -0.591. The van der Waals surface area contributed by atoms with Crippen molar-refractivity contribution in [3.63, 3.8) is 0 Å². The van der Waals surface area contributed by atoms with Gasteiger partial charge in [-0.2, -0.15) is 0 Å². The number of hydrogen-bond donors (Lipinski definition) is 0. The van der Waals surface area contributed by atoms with Crippen LogP contribution in [-0.4, -0.2) is 34.7 Å². The van der Waals surface area contributed by atoms with Gasteiger partial charge in [-0.1, -0.05) is 218 Å². The van der Waals surface area contributed by atoms with Crippen LogP contribution < -0.4 is 30.6 Å². The molecule has 54 heavy (non-hydrogen) atoms. The van der Waals surface area contributed by atoms with E-state index in [0.29, 0.717) is 21.6 Å². The van der Waals surface area contributed by atoms with Crippen LogP contribution in [0.15, 0.2) is 146 Å². The van der Waals surface area contributed by atoms with Crippen LogP contribution in [0.1, 0.15) is 85.5 Å². The van der Waals surface area contributed by atoms with Crippen molar-refractivity contribution in [2.75, 3.05) is 0 Å². The van der Waals surface area contributed by atoms with Gasteiger partial charge in [-0.25, -0.2) is 0 Å². The Labute approximate surface area is 341 Å². The molecule has 1 aliphatic rings. The number of fused-ring (bicyclic) bond motifs is 2. The van der Waals surface area contributed by atoms with Gasteiger partial charge in [-0.15, -0.1) is 24.4 Å². The van der Waals surface area contributed by atoms with E-state index >= 15 is 0 Å². The van der Waals surface area contributed by atoms with E-state index in [1.807, 2.05) is 146 Å². The molecule has 6 nitrogen and oxygen atoms in total. The standard InChI is InChI=1S/C14H12O2.4C8H9O.2Al/c1-7-3-5-9-10-6-4-8(2)14(16)12(10)11(9)13(7)15;4*1-7(9)8-5-3-2-4-6-8;;/h3-6,15-16H,1-2H3;4*2-7H,1H3;;/q;4*-1;2*+3/p-2/t;4*7-;;/m.1111../s1. The molecular weight excluding hydrogens is 702 g/mol. The molecule has 0 bridgehead atoms. The Hall–Kier alpha value is -4.18. The number of aryl methyl sites for hydroxylation is 2. The molecule has 0 N–H and O–H groups in total. The number of benzene rings is 6. The van der Waals surface area contributed by atoms with E-state index < -0.39 is 24.4 Å². The molecule has 0 saturated carbocycles. The average molecular weight is 749 g/mol. The molecule has 0 unspecified atom stereocenters. The first-order chi connectivity index (χ1) is 24.8. The molecule has 6 aromatic rings. The molecule has 0 heterocycles. The van der Waals surface area contributed by atoms with E-state index in [1.54, 1.807) is 41.5 Å². The van der Waals surface area contributed by atoms with Crippen molar-refractivity contribution in [3.05, 3.63) is 200 Å². The fourth-order valence-electron chi connectivity index (χ4n) is 5.15. The van der Waals surface area contributed by atoms with E-state index in [4.69, 9.17) is 0 Å². The molecule has 0 aromatic heterocycles. The normalized spacial score (nSPS) is 12.2. The van der Waals surface area contributed by atoms with Crippen LogP contribution >= 0.6 is 0 Å². The number of rotatable bonds is 4. The molecule has 272 valence electrons. The predicted octanol–water partition coefficient (Wildman–Crippen LogP) is 5.01. The third kappa shape index (κ3) is 14.2. The second kappa shape index (κ2) is 24.3. The molecular formula is C46H46Al2O6. The van der Waals surface area contributed by atoms with Crippen LogP contribution in [0, 0.1) is 34.7 Å². The Bertz CT molecular complexity index is 1890. The minimum absolute atomic E-state index is 0. The summed E-state index contributed by atoms with van der Waals surface area (Å²) >= 11 is 0. The van der Waals surface area contributed by atoms with Crippen LogP contribution in [0.25, 0.3) is 0 Å². The quantitative estimate of drug-likeness (QED) is 0.232. The van der Waals surface area contributed by atoms with E-state index in [1.165, 1.54) is 0 Å². The number of hydrogen-bond acceptors (Lipinski definition) is 6. The van der Waals surface area contributed by atoms with Gasteiger partial charge in [0.1, 0.15) is 0 Å². The molecule has 1 aliphatic carbocycles. The molecule has 7 rings (SSSR count). The van der Waals surface area contributed by atoms with Crippen molar-refractivity contribution in [2.24, 2.45) is 0 Å². The maximum atomic E-state index is 11.9. The van der Waals surface area contributed by atoms with Crippen LogP contribution in [0.3, 0.4) is 0 Å². The van der Waals surface area contributed by atoms with Gasteiger partial charge in [0.25, 0.3) is 0 Å². The van der Waals surface area contributed by atoms with Gasteiger partial charge in [0.15, 0.2) is 0 Å². The summed E-state index contributed by atoms with van der Waals surface area (Å²) in [4.78, 5) is 0. The van der Waals surface area contributed by atoms with Crippen molar-refractivity contribution in [3.8, 4) is 11.5 Å². The molecule has 6 aromatic carbocycles. The first-order valence-electron chi connectivity index (χ1n) is 17.3. The van der Waals surface area contributed by atoms with Gasteiger partial charge in [0, 0.05) is 0 Å². The summed E-state index contributed by atoms with van der Waals surface area (Å²) in [5.41, 5.74) is 4.83. The van der Waals surface area contributed by atoms with E-state index in [2.05, 4.69) is 0 Å². The van der Waals surface area contributed by atoms with Gasteiger partial charge in [-0.05, 0) is 34.7 Å². The van der Waals surface area contributed by atoms with Crippen molar-refractivity contribution in [2.45, 2.75) is 66.0 Å². The zero-order chi connectivity index (χ0) is 38.2. The zero-order valence-corrected chi connectivity index (χ0v) is 34.1. The van der Waals surface area contributed by atoms with E-state index in [0.717, 1.165) is 32.7 Å². The molecule has 0 fully saturated rings. The third-order valence-electron chi connectivity index (χ3n) is 8.33. The molecule has 0 saturated heterocycles. The fourth-order valence-corrected chi connectivity index (χ4v) is 5.15. The fraction of sp³-hybridized carbons (Fsp3) is 0.217. The molecule has 0 amide bonds. The predicted molar refractivity (Wildman–Crippen MR) is 208 cm³/mol. The molecule has 0 spiro atoms. The van der Waals surface area contributed by atoms with Gasteiger partial charge < -0.3 is 30.6 Å². The summed E-state index contributed by atoms with van der Waals surface area (Å²) < 4.78 is 0. The summed E-state index contributed by atoms with van der Waals surface area (Å²) in [6.45, 7) is 10.1. The third-order valence-corrected chi connectivity index (χ3v) is 8.33. The summed E-state index contributed by atoms with van der Waals surface area (Å²) in [5.74, 6) is -0.0135. The van der Waals surface area contributed by atoms with Crippen molar-refractivity contribution < 1.29 is 30.6 Å². The Balaban J connectivity index is 0.000000344. The smallest absolute Gasteiger partial charge is 0.872 e. The van der Waals surface area contributed by atoms with Gasteiger partial charge in [0.2, 0.25) is 0 Å². The van der Waals surface area contributed by atoms with E-state index in [-0.39, 0.29) is 46.2 Å². The topological polar surface area (TPSA) is 138 Å². The largest absolute Gasteiger partial charge is 3.00 e. The monoisotopic (exact) mass is 748 g/mol. The van der Waals surface area contributed by atoms with Crippen LogP contribution in [-0.2, 0) is 0 Å². The van der Waals surface area contributed by atoms with Crippen molar-refractivity contribution in [1.82, 2.24) is 0 Å². The van der Waals surface area contributed by atoms with Crippen molar-refractivity contribution >= 4 is 34.7 Å².